The SMILES string of the molecule is CN(C1CCOC2(CCOC2)C1)C1COCC1C(=O)O. The number of carboxylic acids is 1. The van der Waals surface area contributed by atoms with E-state index in [0.29, 0.717) is 25.9 Å². The summed E-state index contributed by atoms with van der Waals surface area (Å²) in [5.74, 6) is -1.18. The van der Waals surface area contributed by atoms with Crippen LogP contribution in [-0.2, 0) is 19.0 Å². The second-order valence-electron chi connectivity index (χ2n) is 6.20. The van der Waals surface area contributed by atoms with Gasteiger partial charge < -0.3 is 19.3 Å². The third-order valence-corrected chi connectivity index (χ3v) is 5.00. The van der Waals surface area contributed by atoms with Gasteiger partial charge in [-0.05, 0) is 19.9 Å². The normalized spacial score (nSPS) is 41.6. The smallest absolute Gasteiger partial charge is 0.310 e. The molecule has 0 aromatic carbocycles. The summed E-state index contributed by atoms with van der Waals surface area (Å²) in [7, 11) is 2.02. The molecule has 20 heavy (non-hydrogen) atoms. The molecule has 6 nitrogen and oxygen atoms in total. The minimum absolute atomic E-state index is 0.0324. The quantitative estimate of drug-likeness (QED) is 0.807. The van der Waals surface area contributed by atoms with Crippen molar-refractivity contribution in [2.45, 2.75) is 36.9 Å². The highest BCUT2D eigenvalue weighted by molar-refractivity contribution is 5.71. The second-order valence-corrected chi connectivity index (χ2v) is 6.20. The third-order valence-electron chi connectivity index (χ3n) is 5.00. The summed E-state index contributed by atoms with van der Waals surface area (Å²) in [5.41, 5.74) is -0.143. The fourth-order valence-corrected chi connectivity index (χ4v) is 3.66. The molecule has 0 aromatic rings. The third kappa shape index (κ3) is 2.57. The van der Waals surface area contributed by atoms with E-state index in [2.05, 4.69) is 4.90 Å². The number of nitrogens with zero attached hydrogens (tertiary/aromatic N) is 1. The molecule has 0 radical (unpaired) electrons. The molecular formula is C14H23NO5. The van der Waals surface area contributed by atoms with Crippen LogP contribution < -0.4 is 0 Å². The van der Waals surface area contributed by atoms with Crippen molar-refractivity contribution in [1.29, 1.82) is 0 Å². The summed E-state index contributed by atoms with van der Waals surface area (Å²) in [6, 6.07) is 0.314. The van der Waals surface area contributed by atoms with E-state index < -0.39 is 11.9 Å². The van der Waals surface area contributed by atoms with Gasteiger partial charge >= 0.3 is 5.97 Å². The van der Waals surface area contributed by atoms with Crippen LogP contribution in [0.5, 0.6) is 0 Å². The Morgan fingerprint density at radius 2 is 2.15 bits per heavy atom. The van der Waals surface area contributed by atoms with Crippen molar-refractivity contribution >= 4 is 5.97 Å². The van der Waals surface area contributed by atoms with Crippen LogP contribution in [0, 0.1) is 5.92 Å². The lowest BCUT2D eigenvalue weighted by Gasteiger charge is -2.43. The van der Waals surface area contributed by atoms with Crippen LogP contribution in [0.4, 0.5) is 0 Å². The Labute approximate surface area is 119 Å². The van der Waals surface area contributed by atoms with Gasteiger partial charge in [0.2, 0.25) is 0 Å². The first kappa shape index (κ1) is 14.3. The molecule has 4 atom stereocenters. The zero-order valence-corrected chi connectivity index (χ0v) is 11.9. The maximum Gasteiger partial charge on any atom is 0.310 e. The van der Waals surface area contributed by atoms with Crippen molar-refractivity contribution in [2.75, 3.05) is 40.1 Å². The van der Waals surface area contributed by atoms with Gasteiger partial charge in [-0.15, -0.1) is 0 Å². The van der Waals surface area contributed by atoms with Gasteiger partial charge in [-0.3, -0.25) is 9.69 Å². The predicted octanol–water partition coefficient (Wildman–Crippen LogP) is 0.356. The lowest BCUT2D eigenvalue weighted by atomic mass is 9.87. The molecule has 3 aliphatic heterocycles. The highest BCUT2D eigenvalue weighted by Crippen LogP contribution is 2.36. The maximum absolute atomic E-state index is 11.3. The van der Waals surface area contributed by atoms with Crippen LogP contribution in [0.2, 0.25) is 0 Å². The fourth-order valence-electron chi connectivity index (χ4n) is 3.66. The molecule has 0 saturated carbocycles. The molecule has 1 N–H and O–H groups in total. The molecule has 0 amide bonds. The topological polar surface area (TPSA) is 68.2 Å². The Kier molecular flexibility index (Phi) is 3.99. The summed E-state index contributed by atoms with van der Waals surface area (Å²) in [6.07, 6.45) is 2.81. The molecule has 3 fully saturated rings. The first-order valence-electron chi connectivity index (χ1n) is 7.35. The molecular weight excluding hydrogens is 262 g/mol. The van der Waals surface area contributed by atoms with Crippen molar-refractivity contribution in [3.05, 3.63) is 0 Å². The van der Waals surface area contributed by atoms with Gasteiger partial charge in [0.1, 0.15) is 0 Å². The van der Waals surface area contributed by atoms with Crippen molar-refractivity contribution in [2.24, 2.45) is 5.92 Å². The number of carboxylic acid groups (broad SMARTS) is 1. The van der Waals surface area contributed by atoms with Crippen LogP contribution in [0.1, 0.15) is 19.3 Å². The molecule has 6 heteroatoms. The highest BCUT2D eigenvalue weighted by Gasteiger charge is 2.45. The van der Waals surface area contributed by atoms with Crippen molar-refractivity contribution in [1.82, 2.24) is 4.90 Å². The largest absolute Gasteiger partial charge is 0.481 e. The van der Waals surface area contributed by atoms with E-state index in [0.717, 1.165) is 32.5 Å². The van der Waals surface area contributed by atoms with E-state index >= 15 is 0 Å². The predicted molar refractivity (Wildman–Crippen MR) is 70.6 cm³/mol. The molecule has 3 saturated heterocycles. The van der Waals surface area contributed by atoms with Crippen molar-refractivity contribution in [3.63, 3.8) is 0 Å². The van der Waals surface area contributed by atoms with Crippen LogP contribution in [0.3, 0.4) is 0 Å². The molecule has 114 valence electrons. The molecule has 0 aromatic heterocycles. The van der Waals surface area contributed by atoms with Gasteiger partial charge in [0.25, 0.3) is 0 Å². The molecule has 0 aliphatic carbocycles. The lowest BCUT2D eigenvalue weighted by Crippen LogP contribution is -2.53. The van der Waals surface area contributed by atoms with Gasteiger partial charge in [-0.25, -0.2) is 0 Å². The highest BCUT2D eigenvalue weighted by atomic mass is 16.6. The summed E-state index contributed by atoms with van der Waals surface area (Å²) in [6.45, 7) is 2.99. The Morgan fingerprint density at radius 3 is 2.85 bits per heavy atom. The number of hydrogen-bond acceptors (Lipinski definition) is 5. The summed E-state index contributed by atoms with van der Waals surface area (Å²) >= 11 is 0. The molecule has 0 bridgehead atoms. The summed E-state index contributed by atoms with van der Waals surface area (Å²) < 4.78 is 16.8. The summed E-state index contributed by atoms with van der Waals surface area (Å²) in [4.78, 5) is 13.5. The average molecular weight is 285 g/mol. The van der Waals surface area contributed by atoms with Gasteiger partial charge in [0.05, 0.1) is 31.3 Å². The van der Waals surface area contributed by atoms with Crippen LogP contribution in [-0.4, -0.2) is 73.7 Å². The van der Waals surface area contributed by atoms with Crippen LogP contribution >= 0.6 is 0 Å². The van der Waals surface area contributed by atoms with E-state index in [9.17, 15) is 9.90 Å². The molecule has 3 heterocycles. The van der Waals surface area contributed by atoms with E-state index in [4.69, 9.17) is 14.2 Å². The second kappa shape index (κ2) is 5.60. The monoisotopic (exact) mass is 285 g/mol. The van der Waals surface area contributed by atoms with Gasteiger partial charge in [0.15, 0.2) is 0 Å². The van der Waals surface area contributed by atoms with Crippen LogP contribution in [0.15, 0.2) is 0 Å². The van der Waals surface area contributed by atoms with Gasteiger partial charge in [-0.1, -0.05) is 0 Å². The average Bonchev–Trinajstić information content (AvgIpc) is 3.07. The standard InChI is InChI=1S/C14H23NO5/c1-15(12-8-19-7-11(12)13(16)17)10-2-4-20-14(6-10)3-5-18-9-14/h10-12H,2-9H2,1H3,(H,16,17). The molecule has 4 unspecified atom stereocenters. The minimum atomic E-state index is -0.759. The number of aliphatic carboxylic acids is 1. The summed E-state index contributed by atoms with van der Waals surface area (Å²) in [5, 5.41) is 9.28. The number of likely N-dealkylation sites (N-methyl/N-ethyl adjacent to an activating group) is 1. The van der Waals surface area contributed by atoms with Crippen molar-refractivity contribution in [3.8, 4) is 0 Å². The minimum Gasteiger partial charge on any atom is -0.481 e. The lowest BCUT2D eigenvalue weighted by molar-refractivity contribution is -0.144. The van der Waals surface area contributed by atoms with E-state index in [1.54, 1.807) is 0 Å². The number of ether oxygens (including phenoxy) is 3. The first-order chi connectivity index (χ1) is 9.61. The van der Waals surface area contributed by atoms with E-state index in [1.165, 1.54) is 0 Å². The van der Waals surface area contributed by atoms with Gasteiger partial charge in [0, 0.05) is 31.7 Å². The van der Waals surface area contributed by atoms with Crippen LogP contribution in [0.25, 0.3) is 0 Å². The zero-order valence-electron chi connectivity index (χ0n) is 11.9. The zero-order chi connectivity index (χ0) is 14.2. The first-order valence-corrected chi connectivity index (χ1v) is 7.35. The van der Waals surface area contributed by atoms with Crippen molar-refractivity contribution < 1.29 is 24.1 Å². The maximum atomic E-state index is 11.3. The molecule has 3 aliphatic rings. The Bertz CT molecular complexity index is 369. The Morgan fingerprint density at radius 1 is 1.30 bits per heavy atom. The number of rotatable bonds is 3. The van der Waals surface area contributed by atoms with E-state index in [-0.39, 0.29) is 11.6 Å². The van der Waals surface area contributed by atoms with E-state index in [1.807, 2.05) is 7.05 Å². The number of hydrogen-bond donors (Lipinski definition) is 1. The molecule has 1 spiro atoms. The Hall–Kier alpha value is -0.690. The van der Waals surface area contributed by atoms with Gasteiger partial charge in [-0.2, -0.15) is 0 Å². The fraction of sp³-hybridized carbons (Fsp3) is 0.929. The Balaban J connectivity index is 1.67. The number of carbonyl (C=O) groups is 1. The molecule has 3 rings (SSSR count).